The van der Waals surface area contributed by atoms with Gasteiger partial charge in [0.25, 0.3) is 0 Å². The molecule has 0 atom stereocenters. The minimum absolute atomic E-state index is 0.244. The number of nitrogens with zero attached hydrogens (tertiary/aromatic N) is 1. The van der Waals surface area contributed by atoms with Crippen molar-refractivity contribution in [2.45, 2.75) is 32.0 Å². The fourth-order valence-electron chi connectivity index (χ4n) is 1.40. The number of carbonyl (C=O) groups is 1. The topological polar surface area (TPSA) is 20.3 Å². The lowest BCUT2D eigenvalue weighted by atomic mass is 10.5. The Bertz CT molecular complexity index is 154. The Morgan fingerprint density at radius 1 is 1.50 bits per heavy atom. The van der Waals surface area contributed by atoms with E-state index in [1.807, 2.05) is 11.6 Å². The molecule has 1 aliphatic rings. The van der Waals surface area contributed by atoms with Crippen LogP contribution in [0.3, 0.4) is 0 Å². The van der Waals surface area contributed by atoms with Crippen LogP contribution in [-0.2, 0) is 4.79 Å². The largest absolute Gasteiger partial charge is 0.372 e. The molecule has 1 fully saturated rings. The summed E-state index contributed by atoms with van der Waals surface area (Å²) in [5.74, 6) is 0.244. The number of carbonyl (C=O) groups excluding carboxylic acids is 1. The van der Waals surface area contributed by atoms with Crippen molar-refractivity contribution in [3.63, 3.8) is 0 Å². The van der Waals surface area contributed by atoms with Gasteiger partial charge in [0.05, 0.1) is 0 Å². The van der Waals surface area contributed by atoms with Gasteiger partial charge >= 0.3 is 0 Å². The van der Waals surface area contributed by atoms with Gasteiger partial charge in [0.1, 0.15) is 0 Å². The molecule has 10 heavy (non-hydrogen) atoms. The molecule has 0 spiro atoms. The highest BCUT2D eigenvalue weighted by Gasteiger charge is 2.40. The van der Waals surface area contributed by atoms with Crippen LogP contribution in [0.15, 0.2) is 0 Å². The fraction of sp³-hybridized carbons (Fsp3) is 0.857. The highest BCUT2D eigenvalue weighted by molar-refractivity contribution is 6.80. The van der Waals surface area contributed by atoms with E-state index in [1.165, 1.54) is 18.5 Å². The smallest absolute Gasteiger partial charge is 0.211 e. The monoisotopic (exact) mass is 157 g/mol. The van der Waals surface area contributed by atoms with Gasteiger partial charge in [-0.05, 0) is 12.1 Å². The summed E-state index contributed by atoms with van der Waals surface area (Å²) in [6.07, 6.45) is 1.33. The molecule has 2 nitrogen and oxygen atoms in total. The molecule has 1 rings (SSSR count). The van der Waals surface area contributed by atoms with Crippen LogP contribution in [0, 0.1) is 0 Å². The molecular formula is C7H15NOSi. The Balaban J connectivity index is 2.54. The van der Waals surface area contributed by atoms with E-state index in [0.717, 1.165) is 0 Å². The minimum atomic E-state index is -1.18. The van der Waals surface area contributed by atoms with Gasteiger partial charge in [-0.2, -0.15) is 0 Å². The number of hydrogen-bond acceptors (Lipinski definition) is 1. The maximum absolute atomic E-state index is 10.9. The van der Waals surface area contributed by atoms with Crippen LogP contribution in [0.4, 0.5) is 0 Å². The lowest BCUT2D eigenvalue weighted by Gasteiger charge is -2.43. The summed E-state index contributed by atoms with van der Waals surface area (Å²) in [4.78, 5) is 10.9. The van der Waals surface area contributed by atoms with Crippen molar-refractivity contribution in [1.82, 2.24) is 4.57 Å². The average molecular weight is 157 g/mol. The number of rotatable bonds is 1. The molecule has 0 aromatic heterocycles. The first-order valence-corrected chi connectivity index (χ1v) is 6.67. The van der Waals surface area contributed by atoms with E-state index in [1.54, 1.807) is 6.92 Å². The van der Waals surface area contributed by atoms with E-state index < -0.39 is 8.24 Å². The molecule has 1 amide bonds. The van der Waals surface area contributed by atoms with Gasteiger partial charge in [-0.3, -0.25) is 4.79 Å². The predicted molar refractivity (Wildman–Crippen MR) is 44.3 cm³/mol. The Morgan fingerprint density at radius 2 is 2.00 bits per heavy atom. The third-order valence-corrected chi connectivity index (χ3v) is 7.51. The summed E-state index contributed by atoms with van der Waals surface area (Å²) in [6.45, 7) is 3.95. The molecule has 0 aromatic carbocycles. The second-order valence-corrected chi connectivity index (χ2v) is 8.09. The van der Waals surface area contributed by atoms with Gasteiger partial charge in [0.2, 0.25) is 5.91 Å². The normalized spacial score (nSPS) is 21.5. The second kappa shape index (κ2) is 2.38. The molecule has 0 aromatic rings. The van der Waals surface area contributed by atoms with Crippen LogP contribution in [-0.4, -0.2) is 25.8 Å². The van der Waals surface area contributed by atoms with Gasteiger partial charge < -0.3 is 4.57 Å². The standard InChI is InChI=1S/C7H15NOSi/c1-7(9)8(2)10(3)5-4-6-10/h4-6H2,1-3H3. The van der Waals surface area contributed by atoms with Gasteiger partial charge in [-0.15, -0.1) is 0 Å². The van der Waals surface area contributed by atoms with Crippen molar-refractivity contribution in [3.05, 3.63) is 0 Å². The highest BCUT2D eigenvalue weighted by atomic mass is 28.3. The molecule has 0 N–H and O–H groups in total. The average Bonchev–Trinajstić information content (AvgIpc) is 1.81. The predicted octanol–water partition coefficient (Wildman–Crippen LogP) is 1.44. The Hall–Kier alpha value is -0.313. The zero-order valence-corrected chi connectivity index (χ0v) is 7.98. The first-order valence-electron chi connectivity index (χ1n) is 3.81. The Kier molecular flexibility index (Phi) is 1.85. The minimum Gasteiger partial charge on any atom is -0.372 e. The molecule has 58 valence electrons. The molecule has 0 bridgehead atoms. The number of hydrogen-bond donors (Lipinski definition) is 0. The SMILES string of the molecule is CC(=O)N(C)[Si]1(C)CCC1. The second-order valence-electron chi connectivity index (χ2n) is 3.43. The maximum atomic E-state index is 10.9. The van der Waals surface area contributed by atoms with Crippen molar-refractivity contribution in [2.75, 3.05) is 7.05 Å². The molecule has 3 heteroatoms. The van der Waals surface area contributed by atoms with Crippen molar-refractivity contribution in [1.29, 1.82) is 0 Å². The van der Waals surface area contributed by atoms with Gasteiger partial charge in [0, 0.05) is 14.0 Å². The molecule has 1 heterocycles. The van der Waals surface area contributed by atoms with E-state index in [4.69, 9.17) is 0 Å². The summed E-state index contributed by atoms with van der Waals surface area (Å²) in [6, 6.07) is 2.62. The zero-order valence-electron chi connectivity index (χ0n) is 6.98. The lowest BCUT2D eigenvalue weighted by Crippen LogP contribution is -2.55. The van der Waals surface area contributed by atoms with Crippen molar-refractivity contribution < 1.29 is 4.79 Å². The molecule has 0 unspecified atom stereocenters. The van der Waals surface area contributed by atoms with Crippen molar-refractivity contribution >= 4 is 14.1 Å². The maximum Gasteiger partial charge on any atom is 0.211 e. The van der Waals surface area contributed by atoms with Crippen LogP contribution in [0.2, 0.25) is 18.6 Å². The van der Waals surface area contributed by atoms with Crippen LogP contribution >= 0.6 is 0 Å². The summed E-state index contributed by atoms with van der Waals surface area (Å²) >= 11 is 0. The van der Waals surface area contributed by atoms with Gasteiger partial charge in [-0.1, -0.05) is 13.0 Å². The lowest BCUT2D eigenvalue weighted by molar-refractivity contribution is -0.124. The Labute approximate surface area is 63.3 Å². The van der Waals surface area contributed by atoms with Gasteiger partial charge in [-0.25, -0.2) is 0 Å². The third-order valence-electron chi connectivity index (χ3n) is 2.71. The van der Waals surface area contributed by atoms with E-state index in [-0.39, 0.29) is 5.91 Å². The van der Waals surface area contributed by atoms with E-state index in [0.29, 0.717) is 0 Å². The molecule has 0 radical (unpaired) electrons. The molecule has 0 aliphatic carbocycles. The van der Waals surface area contributed by atoms with Crippen LogP contribution in [0.1, 0.15) is 13.3 Å². The fourth-order valence-corrected chi connectivity index (χ4v) is 4.21. The third kappa shape index (κ3) is 1.10. The van der Waals surface area contributed by atoms with Crippen molar-refractivity contribution in [3.8, 4) is 0 Å². The molecular weight excluding hydrogens is 142 g/mol. The van der Waals surface area contributed by atoms with Gasteiger partial charge in [0.15, 0.2) is 8.24 Å². The van der Waals surface area contributed by atoms with Crippen molar-refractivity contribution in [2.24, 2.45) is 0 Å². The van der Waals surface area contributed by atoms with E-state index >= 15 is 0 Å². The summed E-state index contributed by atoms with van der Waals surface area (Å²) in [5.41, 5.74) is 0. The highest BCUT2D eigenvalue weighted by Crippen LogP contribution is 2.33. The first kappa shape index (κ1) is 7.79. The van der Waals surface area contributed by atoms with Crippen LogP contribution in [0.25, 0.3) is 0 Å². The van der Waals surface area contributed by atoms with E-state index in [9.17, 15) is 4.79 Å². The first-order chi connectivity index (χ1) is 4.56. The molecule has 1 aliphatic heterocycles. The summed E-state index contributed by atoms with van der Waals surface area (Å²) in [7, 11) is 0.773. The molecule has 1 saturated heterocycles. The zero-order chi connectivity index (χ0) is 7.78. The number of amides is 1. The summed E-state index contributed by atoms with van der Waals surface area (Å²) in [5, 5.41) is 0. The summed E-state index contributed by atoms with van der Waals surface area (Å²) < 4.78 is 2.00. The quantitative estimate of drug-likeness (QED) is 0.527. The van der Waals surface area contributed by atoms with Crippen LogP contribution < -0.4 is 0 Å². The molecule has 0 saturated carbocycles. The Morgan fingerprint density at radius 3 is 2.10 bits per heavy atom. The van der Waals surface area contributed by atoms with Crippen LogP contribution in [0.5, 0.6) is 0 Å². The van der Waals surface area contributed by atoms with E-state index in [2.05, 4.69) is 6.55 Å².